The normalized spacial score (nSPS) is 13.6. The van der Waals surface area contributed by atoms with Crippen LogP contribution in [0.3, 0.4) is 0 Å². The van der Waals surface area contributed by atoms with E-state index in [0.717, 1.165) is 11.1 Å². The fourth-order valence-corrected chi connectivity index (χ4v) is 3.12. The maximum atomic E-state index is 13.1. The molecule has 2 atom stereocenters. The van der Waals surface area contributed by atoms with Crippen LogP contribution in [0.2, 0.25) is 0 Å². The van der Waals surface area contributed by atoms with Crippen LogP contribution in [0.25, 0.3) is 6.08 Å². The molecule has 0 fully saturated rings. The molecule has 0 aromatic heterocycles. The van der Waals surface area contributed by atoms with Crippen molar-refractivity contribution >= 4 is 22.8 Å². The van der Waals surface area contributed by atoms with E-state index in [-0.39, 0.29) is 5.75 Å². The van der Waals surface area contributed by atoms with Crippen molar-refractivity contribution in [3.8, 4) is 0 Å². The third kappa shape index (κ3) is 5.74. The standard InChI is InChI=1S/C19H19FO3S/c1-15-7-10-18(11-8-15)24(22)14-17(13-20)23-19(21)12-9-16-5-3-2-4-6-16/h2-12,17H,13-14H2,1H3/b12-9+/t17-,24+/m0/s1. The van der Waals surface area contributed by atoms with Gasteiger partial charge in [-0.25, -0.2) is 9.18 Å². The summed E-state index contributed by atoms with van der Waals surface area (Å²) < 4.78 is 30.4. The maximum absolute atomic E-state index is 13.1. The minimum atomic E-state index is -1.42. The largest absolute Gasteiger partial charge is 0.455 e. The predicted molar refractivity (Wildman–Crippen MR) is 93.8 cm³/mol. The number of carbonyl (C=O) groups excluding carboxylic acids is 1. The molecule has 0 unspecified atom stereocenters. The van der Waals surface area contributed by atoms with Crippen molar-refractivity contribution in [3.63, 3.8) is 0 Å². The van der Waals surface area contributed by atoms with Crippen LogP contribution in [0.5, 0.6) is 0 Å². The highest BCUT2D eigenvalue weighted by molar-refractivity contribution is 7.85. The Morgan fingerprint density at radius 3 is 2.46 bits per heavy atom. The van der Waals surface area contributed by atoms with Gasteiger partial charge in [-0.05, 0) is 30.7 Å². The fourth-order valence-electron chi connectivity index (χ4n) is 2.00. The zero-order valence-electron chi connectivity index (χ0n) is 13.4. The van der Waals surface area contributed by atoms with Crippen LogP contribution >= 0.6 is 0 Å². The minimum Gasteiger partial charge on any atom is -0.455 e. The number of esters is 1. The molecule has 0 N–H and O–H groups in total. The number of halogens is 1. The highest BCUT2D eigenvalue weighted by Gasteiger charge is 2.17. The minimum absolute atomic E-state index is 0.0650. The van der Waals surface area contributed by atoms with E-state index in [0.29, 0.717) is 4.90 Å². The molecule has 0 bridgehead atoms. The summed E-state index contributed by atoms with van der Waals surface area (Å²) in [6, 6.07) is 16.4. The van der Waals surface area contributed by atoms with Crippen LogP contribution in [0, 0.1) is 6.92 Å². The molecule has 5 heteroatoms. The molecule has 0 aliphatic rings. The van der Waals surface area contributed by atoms with Crippen LogP contribution in [0.15, 0.2) is 65.6 Å². The predicted octanol–water partition coefficient (Wildman–Crippen LogP) is 3.70. The van der Waals surface area contributed by atoms with Crippen molar-refractivity contribution in [3.05, 3.63) is 71.8 Å². The first-order valence-corrected chi connectivity index (χ1v) is 8.85. The van der Waals surface area contributed by atoms with Crippen LogP contribution in [0.1, 0.15) is 11.1 Å². The Bertz CT molecular complexity index is 711. The molecule has 0 aliphatic carbocycles. The van der Waals surface area contributed by atoms with Crippen LogP contribution in [0.4, 0.5) is 4.39 Å². The first kappa shape index (κ1) is 18.1. The van der Waals surface area contributed by atoms with E-state index in [4.69, 9.17) is 4.74 Å². The maximum Gasteiger partial charge on any atom is 0.331 e. The van der Waals surface area contributed by atoms with E-state index >= 15 is 0 Å². The van der Waals surface area contributed by atoms with Crippen molar-refractivity contribution in [1.82, 2.24) is 0 Å². The summed E-state index contributed by atoms with van der Waals surface area (Å²) in [7, 11) is -1.42. The van der Waals surface area contributed by atoms with Crippen molar-refractivity contribution in [2.24, 2.45) is 0 Å². The molecule has 2 aromatic carbocycles. The van der Waals surface area contributed by atoms with E-state index in [1.54, 1.807) is 18.2 Å². The summed E-state index contributed by atoms with van der Waals surface area (Å²) in [5, 5.41) is 0. The Morgan fingerprint density at radius 2 is 1.83 bits per heavy atom. The number of ether oxygens (including phenoxy) is 1. The number of hydrogen-bond donors (Lipinski definition) is 0. The first-order valence-electron chi connectivity index (χ1n) is 7.53. The van der Waals surface area contributed by atoms with Gasteiger partial charge in [0.1, 0.15) is 12.8 Å². The highest BCUT2D eigenvalue weighted by atomic mass is 32.2. The van der Waals surface area contributed by atoms with Crippen LogP contribution in [-0.2, 0) is 20.3 Å². The van der Waals surface area contributed by atoms with E-state index in [1.165, 1.54) is 6.08 Å². The van der Waals surface area contributed by atoms with Gasteiger partial charge >= 0.3 is 5.97 Å². The molecule has 3 nitrogen and oxygen atoms in total. The van der Waals surface area contributed by atoms with Gasteiger partial charge in [-0.3, -0.25) is 4.21 Å². The molecule has 0 saturated carbocycles. The number of carbonyl (C=O) groups is 1. The fraction of sp³-hybridized carbons (Fsp3) is 0.211. The molecule has 0 saturated heterocycles. The molecule has 0 spiro atoms. The topological polar surface area (TPSA) is 43.4 Å². The third-order valence-corrected chi connectivity index (χ3v) is 4.76. The lowest BCUT2D eigenvalue weighted by Crippen LogP contribution is -2.25. The Hall–Kier alpha value is -2.27. The van der Waals surface area contributed by atoms with Gasteiger partial charge in [0.25, 0.3) is 0 Å². The van der Waals surface area contributed by atoms with Gasteiger partial charge in [0.05, 0.1) is 16.6 Å². The van der Waals surface area contributed by atoms with Crippen molar-refractivity contribution < 1.29 is 18.1 Å². The number of aryl methyl sites for hydroxylation is 1. The SMILES string of the molecule is Cc1ccc([S@](=O)C[C@H](CF)OC(=O)/C=C/c2ccccc2)cc1. The molecule has 2 rings (SSSR count). The molecule has 0 amide bonds. The number of benzene rings is 2. The molecule has 0 radical (unpaired) electrons. The van der Waals surface area contributed by atoms with E-state index in [1.807, 2.05) is 49.4 Å². The Balaban J connectivity index is 1.91. The van der Waals surface area contributed by atoms with E-state index in [2.05, 4.69) is 0 Å². The van der Waals surface area contributed by atoms with Gasteiger partial charge < -0.3 is 4.74 Å². The second-order valence-corrected chi connectivity index (χ2v) is 6.78. The van der Waals surface area contributed by atoms with Gasteiger partial charge in [-0.2, -0.15) is 0 Å². The van der Waals surface area contributed by atoms with Crippen molar-refractivity contribution in [2.75, 3.05) is 12.4 Å². The van der Waals surface area contributed by atoms with Gasteiger partial charge in [-0.1, -0.05) is 48.0 Å². The number of rotatable bonds is 7. The van der Waals surface area contributed by atoms with Gasteiger partial charge in [-0.15, -0.1) is 0 Å². The van der Waals surface area contributed by atoms with Crippen molar-refractivity contribution in [1.29, 1.82) is 0 Å². The molecule has 24 heavy (non-hydrogen) atoms. The first-order chi connectivity index (χ1) is 11.6. The zero-order chi connectivity index (χ0) is 17.4. The smallest absolute Gasteiger partial charge is 0.331 e. The lowest BCUT2D eigenvalue weighted by atomic mass is 10.2. The van der Waals surface area contributed by atoms with Gasteiger partial charge in [0.15, 0.2) is 0 Å². The Morgan fingerprint density at radius 1 is 1.17 bits per heavy atom. The Kier molecular flexibility index (Phi) is 6.88. The summed E-state index contributed by atoms with van der Waals surface area (Å²) >= 11 is 0. The van der Waals surface area contributed by atoms with Crippen LogP contribution in [-0.4, -0.2) is 28.7 Å². The second-order valence-electron chi connectivity index (χ2n) is 5.28. The molecule has 2 aromatic rings. The average molecular weight is 346 g/mol. The van der Waals surface area contributed by atoms with Gasteiger partial charge in [0.2, 0.25) is 0 Å². The zero-order valence-corrected chi connectivity index (χ0v) is 14.2. The quantitative estimate of drug-likeness (QED) is 0.567. The third-order valence-electron chi connectivity index (χ3n) is 3.29. The lowest BCUT2D eigenvalue weighted by molar-refractivity contribution is -0.142. The van der Waals surface area contributed by atoms with E-state index < -0.39 is 29.5 Å². The van der Waals surface area contributed by atoms with Crippen molar-refractivity contribution in [2.45, 2.75) is 17.9 Å². The second kappa shape index (κ2) is 9.13. The van der Waals surface area contributed by atoms with Gasteiger partial charge in [0, 0.05) is 11.0 Å². The summed E-state index contributed by atoms with van der Waals surface area (Å²) in [4.78, 5) is 12.4. The summed E-state index contributed by atoms with van der Waals surface area (Å²) in [5.74, 6) is -0.716. The lowest BCUT2D eigenvalue weighted by Gasteiger charge is -2.13. The number of alkyl halides is 1. The Labute approximate surface area is 143 Å². The molecular formula is C19H19FO3S. The summed E-state index contributed by atoms with van der Waals surface area (Å²) in [6.07, 6.45) is 1.81. The van der Waals surface area contributed by atoms with E-state index in [9.17, 15) is 13.4 Å². The monoisotopic (exact) mass is 346 g/mol. The highest BCUT2D eigenvalue weighted by Crippen LogP contribution is 2.11. The number of hydrogen-bond acceptors (Lipinski definition) is 3. The molecule has 126 valence electrons. The summed E-state index contributed by atoms with van der Waals surface area (Å²) in [5.41, 5.74) is 1.89. The molecule has 0 heterocycles. The molecule has 0 aliphatic heterocycles. The average Bonchev–Trinajstić information content (AvgIpc) is 2.60. The van der Waals surface area contributed by atoms with Crippen LogP contribution < -0.4 is 0 Å². The summed E-state index contributed by atoms with van der Waals surface area (Å²) in [6.45, 7) is 1.06. The molecular weight excluding hydrogens is 327 g/mol.